The minimum atomic E-state index is -0.420. The molecular formula is C17H28NO4+. The van der Waals surface area contributed by atoms with Gasteiger partial charge in [0.05, 0.1) is 26.4 Å². The van der Waals surface area contributed by atoms with Gasteiger partial charge in [-0.2, -0.15) is 0 Å². The summed E-state index contributed by atoms with van der Waals surface area (Å²) >= 11 is 0. The van der Waals surface area contributed by atoms with Crippen LogP contribution < -0.4 is 9.64 Å². The van der Waals surface area contributed by atoms with Crippen molar-refractivity contribution in [2.45, 2.75) is 19.4 Å². The minimum absolute atomic E-state index is 0.364. The number of morpholine rings is 1. The highest BCUT2D eigenvalue weighted by atomic mass is 16.5. The number of nitrogens with one attached hydrogen (secondary N) is 1. The third kappa shape index (κ3) is 6.32. The quantitative estimate of drug-likeness (QED) is 0.627. The van der Waals surface area contributed by atoms with Crippen molar-refractivity contribution in [3.63, 3.8) is 0 Å². The molecule has 0 aromatic heterocycles. The predicted octanol–water partition coefficient (Wildman–Crippen LogP) is -0.0796. The molecule has 2 rings (SSSR count). The Morgan fingerprint density at radius 3 is 2.59 bits per heavy atom. The van der Waals surface area contributed by atoms with E-state index in [1.807, 2.05) is 12.1 Å². The normalized spacial score (nSPS) is 17.4. The fourth-order valence-corrected chi connectivity index (χ4v) is 2.52. The lowest BCUT2D eigenvalue weighted by Crippen LogP contribution is -3.15. The molecule has 124 valence electrons. The van der Waals surface area contributed by atoms with Crippen LogP contribution in [0.4, 0.5) is 0 Å². The lowest BCUT2D eigenvalue weighted by molar-refractivity contribution is -0.911. The summed E-state index contributed by atoms with van der Waals surface area (Å²) in [5.74, 6) is 0.860. The van der Waals surface area contributed by atoms with Crippen molar-refractivity contribution in [3.8, 4) is 5.75 Å². The molecule has 0 radical (unpaired) electrons. The first-order chi connectivity index (χ1) is 10.8. The van der Waals surface area contributed by atoms with E-state index < -0.39 is 6.10 Å². The Labute approximate surface area is 132 Å². The van der Waals surface area contributed by atoms with Crippen LogP contribution in [0.5, 0.6) is 5.75 Å². The Hall–Kier alpha value is -1.14. The van der Waals surface area contributed by atoms with Crippen LogP contribution in [0.3, 0.4) is 0 Å². The molecule has 22 heavy (non-hydrogen) atoms. The Morgan fingerprint density at radius 1 is 1.18 bits per heavy atom. The number of rotatable bonds is 9. The molecule has 1 atom stereocenters. The summed E-state index contributed by atoms with van der Waals surface area (Å²) < 4.78 is 16.4. The summed E-state index contributed by atoms with van der Waals surface area (Å²) in [7, 11) is 0. The van der Waals surface area contributed by atoms with Crippen molar-refractivity contribution >= 4 is 0 Å². The zero-order chi connectivity index (χ0) is 15.6. The van der Waals surface area contributed by atoms with E-state index in [0.717, 1.165) is 45.0 Å². The van der Waals surface area contributed by atoms with Crippen molar-refractivity contribution < 1.29 is 24.2 Å². The minimum Gasteiger partial charge on any atom is -0.491 e. The molecule has 1 aromatic rings. The van der Waals surface area contributed by atoms with Crippen LogP contribution in [0.1, 0.15) is 12.5 Å². The molecule has 0 bridgehead atoms. The van der Waals surface area contributed by atoms with Crippen LogP contribution in [0, 0.1) is 0 Å². The number of aliphatic hydroxyl groups is 1. The smallest absolute Gasteiger partial charge is 0.126 e. The zero-order valence-corrected chi connectivity index (χ0v) is 13.4. The van der Waals surface area contributed by atoms with Crippen LogP contribution in [-0.4, -0.2) is 63.9 Å². The Balaban J connectivity index is 1.52. The van der Waals surface area contributed by atoms with E-state index in [2.05, 4.69) is 19.1 Å². The van der Waals surface area contributed by atoms with Gasteiger partial charge in [0, 0.05) is 0 Å². The van der Waals surface area contributed by atoms with Crippen molar-refractivity contribution in [1.82, 2.24) is 0 Å². The monoisotopic (exact) mass is 310 g/mol. The van der Waals surface area contributed by atoms with Gasteiger partial charge in [-0.05, 0) is 24.1 Å². The first-order valence-electron chi connectivity index (χ1n) is 8.16. The maximum Gasteiger partial charge on any atom is 0.126 e. The maximum atomic E-state index is 9.95. The number of hydrogen-bond donors (Lipinski definition) is 2. The van der Waals surface area contributed by atoms with Gasteiger partial charge in [-0.25, -0.2) is 0 Å². The van der Waals surface area contributed by atoms with Gasteiger partial charge in [-0.1, -0.05) is 19.1 Å². The molecule has 2 N–H and O–H groups in total. The Morgan fingerprint density at radius 2 is 1.91 bits per heavy atom. The van der Waals surface area contributed by atoms with Gasteiger partial charge < -0.3 is 24.2 Å². The number of ether oxygens (including phenoxy) is 3. The topological polar surface area (TPSA) is 52.4 Å². The van der Waals surface area contributed by atoms with Gasteiger partial charge in [0.2, 0.25) is 0 Å². The second-order valence-corrected chi connectivity index (χ2v) is 5.64. The molecular weight excluding hydrogens is 282 g/mol. The molecule has 1 aliphatic heterocycles. The number of aliphatic hydroxyl groups excluding tert-OH is 1. The zero-order valence-electron chi connectivity index (χ0n) is 13.4. The van der Waals surface area contributed by atoms with Crippen LogP contribution in [0.15, 0.2) is 24.3 Å². The molecule has 5 heteroatoms. The summed E-state index contributed by atoms with van der Waals surface area (Å²) in [6.07, 6.45) is 0.615. The van der Waals surface area contributed by atoms with Gasteiger partial charge >= 0.3 is 0 Å². The van der Waals surface area contributed by atoms with E-state index in [-0.39, 0.29) is 0 Å². The lowest BCUT2D eigenvalue weighted by atomic mass is 10.2. The van der Waals surface area contributed by atoms with Gasteiger partial charge in [0.25, 0.3) is 0 Å². The highest BCUT2D eigenvalue weighted by Crippen LogP contribution is 2.12. The summed E-state index contributed by atoms with van der Waals surface area (Å²) in [5, 5.41) is 9.95. The van der Waals surface area contributed by atoms with E-state index in [4.69, 9.17) is 14.2 Å². The molecule has 0 spiro atoms. The summed E-state index contributed by atoms with van der Waals surface area (Å²) in [6, 6.07) is 8.11. The summed E-state index contributed by atoms with van der Waals surface area (Å²) in [6.45, 7) is 7.72. The third-order valence-electron chi connectivity index (χ3n) is 3.86. The maximum absolute atomic E-state index is 9.95. The highest BCUT2D eigenvalue weighted by Gasteiger charge is 2.18. The lowest BCUT2D eigenvalue weighted by Gasteiger charge is -2.25. The van der Waals surface area contributed by atoms with E-state index in [1.54, 1.807) is 0 Å². The molecule has 1 fully saturated rings. The van der Waals surface area contributed by atoms with Crippen LogP contribution in [-0.2, 0) is 15.9 Å². The molecule has 5 nitrogen and oxygen atoms in total. The van der Waals surface area contributed by atoms with Gasteiger partial charge in [0.1, 0.15) is 38.1 Å². The van der Waals surface area contributed by atoms with E-state index >= 15 is 0 Å². The van der Waals surface area contributed by atoms with Gasteiger partial charge in [-0.3, -0.25) is 0 Å². The molecule has 1 aliphatic rings. The molecule has 0 unspecified atom stereocenters. The first-order valence-corrected chi connectivity index (χ1v) is 8.16. The SMILES string of the molecule is CCc1ccc(OCCOC[C@H](O)C[NH+]2CCOCC2)cc1. The van der Waals surface area contributed by atoms with Crippen molar-refractivity contribution in [1.29, 1.82) is 0 Å². The van der Waals surface area contributed by atoms with Crippen LogP contribution >= 0.6 is 0 Å². The molecule has 1 saturated heterocycles. The Bertz CT molecular complexity index is 404. The summed E-state index contributed by atoms with van der Waals surface area (Å²) in [5.41, 5.74) is 1.30. The molecule has 0 amide bonds. The molecule has 1 aromatic carbocycles. The van der Waals surface area contributed by atoms with Crippen LogP contribution in [0.25, 0.3) is 0 Å². The fourth-order valence-electron chi connectivity index (χ4n) is 2.52. The Kier molecular flexibility index (Phi) is 7.66. The molecule has 0 aliphatic carbocycles. The first kappa shape index (κ1) is 17.2. The fraction of sp³-hybridized carbons (Fsp3) is 0.647. The standard InChI is InChI=1S/C17H27NO4/c1-2-15-3-5-17(6-4-15)22-12-11-21-14-16(19)13-18-7-9-20-10-8-18/h3-6,16,19H,2,7-14H2,1H3/p+1/t16-/m1/s1. The second-order valence-electron chi connectivity index (χ2n) is 5.64. The predicted molar refractivity (Wildman–Crippen MR) is 84.5 cm³/mol. The van der Waals surface area contributed by atoms with Gasteiger partial charge in [-0.15, -0.1) is 0 Å². The van der Waals surface area contributed by atoms with E-state index in [0.29, 0.717) is 19.8 Å². The summed E-state index contributed by atoms with van der Waals surface area (Å²) in [4.78, 5) is 1.38. The van der Waals surface area contributed by atoms with Crippen LogP contribution in [0.2, 0.25) is 0 Å². The number of hydrogen-bond acceptors (Lipinski definition) is 4. The van der Waals surface area contributed by atoms with Gasteiger partial charge in [0.15, 0.2) is 0 Å². The third-order valence-corrected chi connectivity index (χ3v) is 3.86. The average molecular weight is 310 g/mol. The second kappa shape index (κ2) is 9.79. The van der Waals surface area contributed by atoms with E-state index in [1.165, 1.54) is 10.5 Å². The molecule has 1 heterocycles. The van der Waals surface area contributed by atoms with Crippen molar-refractivity contribution in [3.05, 3.63) is 29.8 Å². The molecule has 0 saturated carbocycles. The average Bonchev–Trinajstić information content (AvgIpc) is 2.56. The van der Waals surface area contributed by atoms with Crippen molar-refractivity contribution in [2.75, 3.05) is 52.7 Å². The number of aryl methyl sites for hydroxylation is 1. The largest absolute Gasteiger partial charge is 0.491 e. The van der Waals surface area contributed by atoms with Crippen molar-refractivity contribution in [2.24, 2.45) is 0 Å². The van der Waals surface area contributed by atoms with E-state index in [9.17, 15) is 5.11 Å². The number of benzene rings is 1. The number of quaternary nitrogens is 1. The highest BCUT2D eigenvalue weighted by molar-refractivity contribution is 5.27.